The monoisotopic (exact) mass is 325 g/mol. The molecule has 2 aromatic rings. The molecule has 0 radical (unpaired) electrons. The molecule has 3 rings (SSSR count). The zero-order valence-electron chi connectivity index (χ0n) is 13.9. The number of amides is 1. The molecular weight excluding hydrogens is 302 g/mol. The van der Waals surface area contributed by atoms with Crippen LogP contribution in [0.5, 0.6) is 0 Å². The van der Waals surface area contributed by atoms with Crippen molar-refractivity contribution in [1.29, 1.82) is 0 Å². The number of pyridine rings is 1. The van der Waals surface area contributed by atoms with Crippen LogP contribution in [-0.2, 0) is 11.3 Å². The molecule has 2 N–H and O–H groups in total. The van der Waals surface area contributed by atoms with Crippen LogP contribution in [-0.4, -0.2) is 22.5 Å². The number of hydrogen-bond acceptors (Lipinski definition) is 4. The highest BCUT2D eigenvalue weighted by Crippen LogP contribution is 2.33. The van der Waals surface area contributed by atoms with E-state index >= 15 is 0 Å². The zero-order chi connectivity index (χ0) is 16.9. The van der Waals surface area contributed by atoms with Crippen LogP contribution in [0.25, 0.3) is 0 Å². The summed E-state index contributed by atoms with van der Waals surface area (Å²) in [6.45, 7) is 2.94. The molecule has 0 aliphatic carbocycles. The Hall–Kier alpha value is -2.56. The molecule has 1 aromatic heterocycles. The standard InChI is InChI=1S/C19H23N3O2/c1-14-16(10-11-18(20)21-14)17-9-5-6-12-22(17)19(23)24-13-15-7-3-2-4-8-15/h2-4,7-8,10-11,17H,5-6,9,12-13H2,1H3,(H2,20,21)/t17-/m0/s1. The molecule has 1 saturated heterocycles. The number of piperidine rings is 1. The predicted molar refractivity (Wildman–Crippen MR) is 93.3 cm³/mol. The molecule has 1 amide bonds. The van der Waals surface area contributed by atoms with Crippen LogP contribution in [0.4, 0.5) is 10.6 Å². The lowest BCUT2D eigenvalue weighted by atomic mass is 9.95. The van der Waals surface area contributed by atoms with Crippen molar-refractivity contribution in [2.24, 2.45) is 0 Å². The summed E-state index contributed by atoms with van der Waals surface area (Å²) in [5.74, 6) is 0.505. The first-order chi connectivity index (χ1) is 11.6. The number of aryl methyl sites for hydroxylation is 1. The molecule has 126 valence electrons. The lowest BCUT2D eigenvalue weighted by Gasteiger charge is -2.35. The van der Waals surface area contributed by atoms with E-state index in [0.29, 0.717) is 19.0 Å². The molecule has 0 saturated carbocycles. The Morgan fingerprint density at radius 3 is 2.79 bits per heavy atom. The molecule has 5 nitrogen and oxygen atoms in total. The van der Waals surface area contributed by atoms with Gasteiger partial charge in [0.15, 0.2) is 0 Å². The Morgan fingerprint density at radius 2 is 2.04 bits per heavy atom. The highest BCUT2D eigenvalue weighted by Gasteiger charge is 2.30. The van der Waals surface area contributed by atoms with E-state index in [1.54, 1.807) is 6.07 Å². The number of carbonyl (C=O) groups excluding carboxylic acids is 1. The second-order valence-corrected chi connectivity index (χ2v) is 6.16. The maximum absolute atomic E-state index is 12.6. The highest BCUT2D eigenvalue weighted by atomic mass is 16.6. The van der Waals surface area contributed by atoms with E-state index < -0.39 is 0 Å². The van der Waals surface area contributed by atoms with Gasteiger partial charge in [-0.2, -0.15) is 0 Å². The lowest BCUT2D eigenvalue weighted by Crippen LogP contribution is -2.39. The number of benzene rings is 1. The summed E-state index contributed by atoms with van der Waals surface area (Å²) in [7, 11) is 0. The van der Waals surface area contributed by atoms with Crippen LogP contribution in [0.15, 0.2) is 42.5 Å². The zero-order valence-corrected chi connectivity index (χ0v) is 13.9. The van der Waals surface area contributed by atoms with E-state index in [2.05, 4.69) is 4.98 Å². The number of aromatic nitrogens is 1. The smallest absolute Gasteiger partial charge is 0.410 e. The van der Waals surface area contributed by atoms with Gasteiger partial charge in [0.1, 0.15) is 12.4 Å². The molecular formula is C19H23N3O2. The second kappa shape index (κ2) is 7.34. The van der Waals surface area contributed by atoms with Gasteiger partial charge in [0.25, 0.3) is 0 Å². The fourth-order valence-corrected chi connectivity index (χ4v) is 3.22. The van der Waals surface area contributed by atoms with E-state index in [0.717, 1.165) is 36.1 Å². The van der Waals surface area contributed by atoms with Crippen molar-refractivity contribution in [3.8, 4) is 0 Å². The maximum Gasteiger partial charge on any atom is 0.410 e. The molecule has 5 heteroatoms. The summed E-state index contributed by atoms with van der Waals surface area (Å²) in [6, 6.07) is 13.5. The number of hydrogen-bond donors (Lipinski definition) is 1. The normalized spacial score (nSPS) is 17.5. The molecule has 0 bridgehead atoms. The minimum Gasteiger partial charge on any atom is -0.445 e. The topological polar surface area (TPSA) is 68.5 Å². The summed E-state index contributed by atoms with van der Waals surface area (Å²) in [5, 5.41) is 0. The van der Waals surface area contributed by atoms with Crippen molar-refractivity contribution in [2.75, 3.05) is 12.3 Å². The average Bonchev–Trinajstić information content (AvgIpc) is 2.61. The lowest BCUT2D eigenvalue weighted by molar-refractivity contribution is 0.0677. The van der Waals surface area contributed by atoms with Crippen molar-refractivity contribution in [3.05, 3.63) is 59.3 Å². The van der Waals surface area contributed by atoms with Gasteiger partial charge in [-0.15, -0.1) is 0 Å². The van der Waals surface area contributed by atoms with Gasteiger partial charge in [-0.1, -0.05) is 36.4 Å². The number of ether oxygens (including phenoxy) is 1. The van der Waals surface area contributed by atoms with Crippen LogP contribution in [0.2, 0.25) is 0 Å². The van der Waals surface area contributed by atoms with Crippen LogP contribution >= 0.6 is 0 Å². The van der Waals surface area contributed by atoms with Gasteiger partial charge in [0.2, 0.25) is 0 Å². The largest absolute Gasteiger partial charge is 0.445 e. The van der Waals surface area contributed by atoms with Crippen molar-refractivity contribution in [3.63, 3.8) is 0 Å². The molecule has 1 aromatic carbocycles. The summed E-state index contributed by atoms with van der Waals surface area (Å²) < 4.78 is 5.52. The number of nitrogens with two attached hydrogens (primary N) is 1. The van der Waals surface area contributed by atoms with Gasteiger partial charge in [0, 0.05) is 12.2 Å². The number of anilines is 1. The first-order valence-corrected chi connectivity index (χ1v) is 8.35. The molecule has 1 aliphatic rings. The van der Waals surface area contributed by atoms with Gasteiger partial charge in [-0.05, 0) is 43.4 Å². The molecule has 0 unspecified atom stereocenters. The van der Waals surface area contributed by atoms with Gasteiger partial charge in [0.05, 0.1) is 6.04 Å². The fraction of sp³-hybridized carbons (Fsp3) is 0.368. The van der Waals surface area contributed by atoms with E-state index in [9.17, 15) is 4.79 Å². The van der Waals surface area contributed by atoms with Crippen LogP contribution in [0.3, 0.4) is 0 Å². The van der Waals surface area contributed by atoms with Gasteiger partial charge in [-0.25, -0.2) is 9.78 Å². The van der Waals surface area contributed by atoms with E-state index in [4.69, 9.17) is 10.5 Å². The SMILES string of the molecule is Cc1nc(N)ccc1[C@@H]1CCCCN1C(=O)OCc1ccccc1. The average molecular weight is 325 g/mol. The first-order valence-electron chi connectivity index (χ1n) is 8.35. The van der Waals surface area contributed by atoms with Crippen LogP contribution in [0, 0.1) is 6.92 Å². The minimum absolute atomic E-state index is 0.00937. The quantitative estimate of drug-likeness (QED) is 0.931. The number of nitrogens with zero attached hydrogens (tertiary/aromatic N) is 2. The van der Waals surface area contributed by atoms with Gasteiger partial charge >= 0.3 is 6.09 Å². The van der Waals surface area contributed by atoms with Gasteiger partial charge in [-0.3, -0.25) is 0 Å². The van der Waals surface area contributed by atoms with Crippen LogP contribution < -0.4 is 5.73 Å². The molecule has 1 fully saturated rings. The number of likely N-dealkylation sites (tertiary alicyclic amines) is 1. The fourth-order valence-electron chi connectivity index (χ4n) is 3.22. The Balaban J connectivity index is 1.73. The van der Waals surface area contributed by atoms with E-state index in [1.165, 1.54) is 0 Å². The van der Waals surface area contributed by atoms with Crippen molar-refractivity contribution >= 4 is 11.9 Å². The maximum atomic E-state index is 12.6. The molecule has 1 aliphatic heterocycles. The Bertz CT molecular complexity index is 703. The number of carbonyl (C=O) groups is 1. The molecule has 24 heavy (non-hydrogen) atoms. The number of nitrogen functional groups attached to an aromatic ring is 1. The van der Waals surface area contributed by atoms with Crippen LogP contribution in [0.1, 0.15) is 42.1 Å². The molecule has 0 spiro atoms. The first kappa shape index (κ1) is 16.3. The highest BCUT2D eigenvalue weighted by molar-refractivity contribution is 5.68. The van der Waals surface area contributed by atoms with E-state index in [1.807, 2.05) is 48.2 Å². The van der Waals surface area contributed by atoms with Gasteiger partial charge < -0.3 is 15.4 Å². The summed E-state index contributed by atoms with van der Waals surface area (Å²) in [4.78, 5) is 18.8. The third-order valence-corrected chi connectivity index (χ3v) is 4.45. The Labute approximate surface area is 142 Å². The number of rotatable bonds is 3. The third-order valence-electron chi connectivity index (χ3n) is 4.45. The Kier molecular flexibility index (Phi) is 4.99. The minimum atomic E-state index is -0.264. The van der Waals surface area contributed by atoms with Crippen molar-refractivity contribution in [2.45, 2.75) is 38.8 Å². The third kappa shape index (κ3) is 3.67. The van der Waals surface area contributed by atoms with E-state index in [-0.39, 0.29) is 12.1 Å². The summed E-state index contributed by atoms with van der Waals surface area (Å²) in [6.07, 6.45) is 2.75. The van der Waals surface area contributed by atoms with Crippen molar-refractivity contribution in [1.82, 2.24) is 9.88 Å². The second-order valence-electron chi connectivity index (χ2n) is 6.16. The summed E-state index contributed by atoms with van der Waals surface area (Å²) in [5.41, 5.74) is 8.67. The van der Waals surface area contributed by atoms with Crippen molar-refractivity contribution < 1.29 is 9.53 Å². The summed E-state index contributed by atoms with van der Waals surface area (Å²) >= 11 is 0. The predicted octanol–water partition coefficient (Wildman–Crippen LogP) is 3.84. The Morgan fingerprint density at radius 1 is 1.25 bits per heavy atom. The molecule has 1 atom stereocenters. The molecule has 2 heterocycles.